The van der Waals surface area contributed by atoms with Crippen LogP contribution in [0.25, 0.3) is 0 Å². The monoisotopic (exact) mass is 1150 g/mol. The van der Waals surface area contributed by atoms with Crippen LogP contribution >= 0.6 is 7.82 Å². The summed E-state index contributed by atoms with van der Waals surface area (Å²) in [5.74, 6) is -0.549. The van der Waals surface area contributed by atoms with Crippen molar-refractivity contribution in [3.63, 3.8) is 0 Å². The molecular formula is C71H124N2O7P+. The first-order valence-corrected chi connectivity index (χ1v) is 34.4. The number of phosphoric acid groups is 1. The van der Waals surface area contributed by atoms with Crippen molar-refractivity contribution in [2.24, 2.45) is 0 Å². The van der Waals surface area contributed by atoms with E-state index in [0.717, 1.165) is 128 Å². The minimum absolute atomic E-state index is 0.0278. The molecule has 2 N–H and O–H groups in total. The predicted octanol–water partition coefficient (Wildman–Crippen LogP) is 20.7. The van der Waals surface area contributed by atoms with E-state index in [0.29, 0.717) is 23.9 Å². The summed E-state index contributed by atoms with van der Waals surface area (Å²) in [4.78, 5) is 37.8. The fourth-order valence-corrected chi connectivity index (χ4v) is 9.57. The molecule has 0 saturated carbocycles. The molecule has 3 unspecified atom stereocenters. The van der Waals surface area contributed by atoms with Crippen molar-refractivity contribution in [1.29, 1.82) is 0 Å². The van der Waals surface area contributed by atoms with Gasteiger partial charge in [-0.25, -0.2) is 4.57 Å². The number of nitrogens with one attached hydrogen (secondary N) is 1. The number of nitrogens with zero attached hydrogens (tertiary/aromatic N) is 1. The summed E-state index contributed by atoms with van der Waals surface area (Å²) in [6.07, 6.45) is 83.4. The standard InChI is InChI=1S/C71H123N2O7P/c1-7-10-13-16-19-22-25-27-29-31-33-35-36-38-40-42-44-46-49-52-55-58-61-64-71(75)80-69(62-59-56-53-50-47-24-21-18-15-12-9-3)68(67-79-81(76,77)78-66-65-73(4,5)6)72-70(74)63-60-57-54-51-48-45-43-41-39-37-34-32-30-28-26-23-20-17-14-11-8-2/h10,13,19-20,22-23,27-30,33-35,37-38,40,44,46,59,62,68-69H,7-9,11-12,14-18,21,24-26,31-32,36,39,41-43,45,47-58,60-61,63-67H2,1-6H3,(H-,72,74,76,77)/p+1/b13-10-,22-19-,23-20-,29-27-,30-28-,35-33-,37-34-,40-38-,46-44-,62-59+. The lowest BCUT2D eigenvalue weighted by Gasteiger charge is -2.27. The van der Waals surface area contributed by atoms with E-state index in [1.807, 2.05) is 33.3 Å². The third-order valence-electron chi connectivity index (χ3n) is 13.9. The topological polar surface area (TPSA) is 111 Å². The van der Waals surface area contributed by atoms with Gasteiger partial charge in [-0.1, -0.05) is 252 Å². The molecule has 0 saturated heterocycles. The van der Waals surface area contributed by atoms with Gasteiger partial charge in [-0.3, -0.25) is 18.6 Å². The lowest BCUT2D eigenvalue weighted by atomic mass is 10.0. The van der Waals surface area contributed by atoms with Gasteiger partial charge in [0, 0.05) is 12.8 Å². The second kappa shape index (κ2) is 59.6. The Labute approximate surface area is 499 Å². The van der Waals surface area contributed by atoms with Crippen molar-refractivity contribution in [1.82, 2.24) is 5.32 Å². The normalized spacial score (nSPS) is 14.4. The third kappa shape index (κ3) is 60.8. The molecule has 0 aromatic rings. The van der Waals surface area contributed by atoms with Gasteiger partial charge in [-0.2, -0.15) is 0 Å². The average molecular weight is 1150 g/mol. The van der Waals surface area contributed by atoms with Crippen LogP contribution < -0.4 is 5.32 Å². The van der Waals surface area contributed by atoms with Crippen LogP contribution in [-0.4, -0.2) is 74.3 Å². The maximum absolute atomic E-state index is 13.6. The summed E-state index contributed by atoms with van der Waals surface area (Å²) >= 11 is 0. The number of unbranched alkanes of at least 4 members (excludes halogenated alkanes) is 24. The minimum atomic E-state index is -4.47. The molecule has 10 heteroatoms. The summed E-state index contributed by atoms with van der Waals surface area (Å²) in [6, 6.07) is -0.872. The second-order valence-electron chi connectivity index (χ2n) is 22.9. The maximum atomic E-state index is 13.6. The molecule has 0 bridgehead atoms. The Morgan fingerprint density at radius 3 is 1.21 bits per heavy atom. The Morgan fingerprint density at radius 2 is 0.790 bits per heavy atom. The van der Waals surface area contributed by atoms with Crippen LogP contribution in [0.5, 0.6) is 0 Å². The number of carbonyl (C=O) groups is 2. The molecule has 0 aliphatic carbocycles. The van der Waals surface area contributed by atoms with Crippen molar-refractivity contribution in [2.45, 2.75) is 277 Å². The number of quaternary nitrogens is 1. The number of hydrogen-bond donors (Lipinski definition) is 2. The van der Waals surface area contributed by atoms with E-state index in [4.69, 9.17) is 13.8 Å². The highest BCUT2D eigenvalue weighted by Gasteiger charge is 2.30. The molecule has 0 spiro atoms. The zero-order valence-electron chi connectivity index (χ0n) is 53.0. The molecule has 0 fully saturated rings. The molecule has 0 aromatic heterocycles. The van der Waals surface area contributed by atoms with Crippen molar-refractivity contribution < 1.29 is 37.3 Å². The fraction of sp³-hybridized carbons (Fsp3) is 0.690. The highest BCUT2D eigenvalue weighted by molar-refractivity contribution is 7.47. The molecule has 3 atom stereocenters. The highest BCUT2D eigenvalue weighted by atomic mass is 31.2. The molecule has 0 rings (SSSR count). The summed E-state index contributed by atoms with van der Waals surface area (Å²) in [6.45, 7) is 6.84. The molecule has 0 aliphatic rings. The molecule has 0 heterocycles. The van der Waals surface area contributed by atoms with Gasteiger partial charge in [0.2, 0.25) is 5.91 Å². The van der Waals surface area contributed by atoms with Crippen LogP contribution in [0, 0.1) is 0 Å². The van der Waals surface area contributed by atoms with Gasteiger partial charge < -0.3 is 19.4 Å². The minimum Gasteiger partial charge on any atom is -0.456 e. The number of esters is 1. The maximum Gasteiger partial charge on any atom is 0.472 e. The van der Waals surface area contributed by atoms with Crippen LogP contribution in [0.3, 0.4) is 0 Å². The van der Waals surface area contributed by atoms with Crippen LogP contribution in [0.15, 0.2) is 122 Å². The van der Waals surface area contributed by atoms with Gasteiger partial charge in [-0.15, -0.1) is 0 Å². The number of hydrogen-bond acceptors (Lipinski definition) is 6. The largest absolute Gasteiger partial charge is 0.472 e. The Bertz CT molecular complexity index is 1800. The molecular weight excluding hydrogens is 1020 g/mol. The van der Waals surface area contributed by atoms with E-state index in [1.54, 1.807) is 0 Å². The second-order valence-corrected chi connectivity index (χ2v) is 24.4. The van der Waals surface area contributed by atoms with Crippen molar-refractivity contribution in [3.05, 3.63) is 122 Å². The van der Waals surface area contributed by atoms with Gasteiger partial charge in [0.1, 0.15) is 19.3 Å². The smallest absolute Gasteiger partial charge is 0.456 e. The fourth-order valence-electron chi connectivity index (χ4n) is 8.83. The van der Waals surface area contributed by atoms with Gasteiger partial charge in [0.15, 0.2) is 0 Å². The van der Waals surface area contributed by atoms with Crippen LogP contribution in [-0.2, 0) is 27.9 Å². The molecule has 81 heavy (non-hydrogen) atoms. The molecule has 0 radical (unpaired) electrons. The Morgan fingerprint density at radius 1 is 0.444 bits per heavy atom. The summed E-state index contributed by atoms with van der Waals surface area (Å²) in [5.41, 5.74) is 0. The molecule has 9 nitrogen and oxygen atoms in total. The van der Waals surface area contributed by atoms with Gasteiger partial charge in [0.05, 0.1) is 33.8 Å². The van der Waals surface area contributed by atoms with Crippen molar-refractivity contribution in [2.75, 3.05) is 40.9 Å². The Hall–Kier alpha value is -3.59. The van der Waals surface area contributed by atoms with Crippen LogP contribution in [0.4, 0.5) is 0 Å². The summed E-state index contributed by atoms with van der Waals surface area (Å²) < 4.78 is 30.7. The number of allylic oxidation sites excluding steroid dienone is 19. The first-order chi connectivity index (χ1) is 39.4. The number of phosphoric ester groups is 1. The highest BCUT2D eigenvalue weighted by Crippen LogP contribution is 2.43. The van der Waals surface area contributed by atoms with E-state index < -0.39 is 20.0 Å². The molecule has 464 valence electrons. The number of rotatable bonds is 58. The van der Waals surface area contributed by atoms with Gasteiger partial charge in [-0.05, 0) is 122 Å². The number of likely N-dealkylation sites (N-methyl/N-ethyl adjacent to an activating group) is 1. The Kier molecular flexibility index (Phi) is 56.9. The third-order valence-corrected chi connectivity index (χ3v) is 14.9. The van der Waals surface area contributed by atoms with E-state index in [1.165, 1.54) is 96.3 Å². The average Bonchev–Trinajstić information content (AvgIpc) is 3.44. The zero-order chi connectivity index (χ0) is 59.3. The SMILES string of the molecule is CC/C=C\C/C=C\C/C=C\C/C=C\C/C=C\C/C=C\CCCCCCC(=O)OC(/C=C/CCCCCCCCCCC)C(COP(=O)(O)OCC[N+](C)(C)C)NC(=O)CCCCCCCCCC/C=C\C/C=C\C/C=C\CCCCC. The zero-order valence-corrected chi connectivity index (χ0v) is 53.9. The quantitative estimate of drug-likeness (QED) is 0.0205. The number of amides is 1. The van der Waals surface area contributed by atoms with E-state index in [2.05, 4.69) is 135 Å². The van der Waals surface area contributed by atoms with Crippen LogP contribution in [0.2, 0.25) is 0 Å². The van der Waals surface area contributed by atoms with E-state index >= 15 is 0 Å². The van der Waals surface area contributed by atoms with Crippen molar-refractivity contribution >= 4 is 19.7 Å². The lowest BCUT2D eigenvalue weighted by Crippen LogP contribution is -2.47. The van der Waals surface area contributed by atoms with Gasteiger partial charge in [0.25, 0.3) is 0 Å². The molecule has 0 aromatic carbocycles. The molecule has 0 aliphatic heterocycles. The summed E-state index contributed by atoms with van der Waals surface area (Å²) in [5, 5.41) is 3.05. The lowest BCUT2D eigenvalue weighted by molar-refractivity contribution is -0.870. The van der Waals surface area contributed by atoms with E-state index in [-0.39, 0.29) is 31.5 Å². The first kappa shape index (κ1) is 77.4. The first-order valence-electron chi connectivity index (χ1n) is 32.9. The molecule has 1 amide bonds. The van der Waals surface area contributed by atoms with Gasteiger partial charge >= 0.3 is 13.8 Å². The number of ether oxygens (including phenoxy) is 1. The van der Waals surface area contributed by atoms with Crippen LogP contribution in [0.1, 0.15) is 265 Å². The van der Waals surface area contributed by atoms with E-state index in [9.17, 15) is 19.0 Å². The number of carbonyl (C=O) groups excluding carboxylic acids is 2. The van der Waals surface area contributed by atoms with Crippen molar-refractivity contribution in [3.8, 4) is 0 Å². The predicted molar refractivity (Wildman–Crippen MR) is 350 cm³/mol. The summed E-state index contributed by atoms with van der Waals surface area (Å²) in [7, 11) is 1.46. The Balaban J connectivity index is 5.23.